The van der Waals surface area contributed by atoms with Gasteiger partial charge in [0.15, 0.2) is 0 Å². The molecule has 0 aromatic heterocycles. The van der Waals surface area contributed by atoms with Crippen molar-refractivity contribution in [2.45, 2.75) is 0 Å². The molecule has 2 aromatic rings. The number of nitrogens with zero attached hydrogens (tertiary/aromatic N) is 2. The van der Waals surface area contributed by atoms with E-state index in [-0.39, 0.29) is 17.3 Å². The number of hydrogen-bond acceptors (Lipinski definition) is 3. The maximum atomic E-state index is 13.6. The lowest BCUT2D eigenvalue weighted by Crippen LogP contribution is -2.48. The van der Waals surface area contributed by atoms with Crippen molar-refractivity contribution in [3.63, 3.8) is 0 Å². The molecule has 0 spiro atoms. The van der Waals surface area contributed by atoms with Crippen molar-refractivity contribution >= 4 is 11.6 Å². The van der Waals surface area contributed by atoms with E-state index in [1.54, 1.807) is 24.3 Å². The number of hydrogen-bond donors (Lipinski definition) is 1. The Hall–Kier alpha value is -2.47. The summed E-state index contributed by atoms with van der Waals surface area (Å²) in [5, 5.41) is 2.76. The lowest BCUT2D eigenvalue weighted by atomic mass is 10.2. The lowest BCUT2D eigenvalue weighted by molar-refractivity contribution is 0.0943. The molecule has 0 saturated carbocycles. The van der Waals surface area contributed by atoms with Crippen molar-refractivity contribution in [1.82, 2.24) is 10.2 Å². The van der Waals surface area contributed by atoms with Gasteiger partial charge in [0.05, 0.1) is 5.56 Å². The molecule has 132 valence electrons. The van der Waals surface area contributed by atoms with Gasteiger partial charge in [-0.1, -0.05) is 12.1 Å². The van der Waals surface area contributed by atoms with Crippen molar-refractivity contribution in [3.05, 3.63) is 65.7 Å². The van der Waals surface area contributed by atoms with Crippen LogP contribution >= 0.6 is 0 Å². The Bertz CT molecular complexity index is 713. The minimum atomic E-state index is -0.507. The Labute approximate surface area is 146 Å². The number of piperazine rings is 1. The van der Waals surface area contributed by atoms with Gasteiger partial charge in [0.25, 0.3) is 5.91 Å². The molecule has 1 N–H and O–H groups in total. The molecule has 1 amide bonds. The molecular formula is C19H21F2N3O. The number of anilines is 1. The predicted octanol–water partition coefficient (Wildman–Crippen LogP) is 2.52. The van der Waals surface area contributed by atoms with Gasteiger partial charge >= 0.3 is 0 Å². The Balaban J connectivity index is 1.41. The van der Waals surface area contributed by atoms with Gasteiger partial charge in [0.1, 0.15) is 11.6 Å². The van der Waals surface area contributed by atoms with Crippen LogP contribution in [-0.4, -0.2) is 50.1 Å². The summed E-state index contributed by atoms with van der Waals surface area (Å²) in [5.74, 6) is -1.12. The molecule has 2 aromatic carbocycles. The third-order valence-electron chi connectivity index (χ3n) is 4.40. The van der Waals surface area contributed by atoms with E-state index < -0.39 is 5.82 Å². The largest absolute Gasteiger partial charge is 0.369 e. The van der Waals surface area contributed by atoms with Crippen LogP contribution in [0.2, 0.25) is 0 Å². The first-order valence-corrected chi connectivity index (χ1v) is 8.39. The van der Waals surface area contributed by atoms with E-state index >= 15 is 0 Å². The molecule has 25 heavy (non-hydrogen) atoms. The number of halogens is 2. The summed E-state index contributed by atoms with van der Waals surface area (Å²) in [4.78, 5) is 16.4. The van der Waals surface area contributed by atoms with Crippen LogP contribution in [0, 0.1) is 11.6 Å². The number of rotatable bonds is 5. The Morgan fingerprint density at radius 2 is 1.64 bits per heavy atom. The molecule has 6 heteroatoms. The molecular weight excluding hydrogens is 324 g/mol. The second-order valence-electron chi connectivity index (χ2n) is 6.04. The third kappa shape index (κ3) is 4.54. The molecule has 0 atom stereocenters. The van der Waals surface area contributed by atoms with E-state index in [9.17, 15) is 13.6 Å². The molecule has 1 fully saturated rings. The SMILES string of the molecule is O=C(NCCN1CCN(c2ccc(F)cc2)CC1)c1ccccc1F. The average Bonchev–Trinajstić information content (AvgIpc) is 2.63. The highest BCUT2D eigenvalue weighted by atomic mass is 19.1. The summed E-state index contributed by atoms with van der Waals surface area (Å²) in [6.07, 6.45) is 0. The van der Waals surface area contributed by atoms with E-state index in [0.717, 1.165) is 38.4 Å². The molecule has 0 aliphatic carbocycles. The van der Waals surface area contributed by atoms with E-state index in [1.165, 1.54) is 24.3 Å². The summed E-state index contributed by atoms with van der Waals surface area (Å²) in [6.45, 7) is 4.64. The minimum absolute atomic E-state index is 0.0728. The van der Waals surface area contributed by atoms with Crippen LogP contribution in [0.25, 0.3) is 0 Å². The summed E-state index contributed by atoms with van der Waals surface area (Å²) in [6, 6.07) is 12.5. The van der Waals surface area contributed by atoms with Crippen molar-refractivity contribution < 1.29 is 13.6 Å². The zero-order chi connectivity index (χ0) is 17.6. The van der Waals surface area contributed by atoms with Crippen LogP contribution in [0.4, 0.5) is 14.5 Å². The van der Waals surface area contributed by atoms with E-state index in [4.69, 9.17) is 0 Å². The Morgan fingerprint density at radius 1 is 0.960 bits per heavy atom. The molecule has 1 aliphatic rings. The summed E-state index contributed by atoms with van der Waals surface area (Å²) in [7, 11) is 0. The van der Waals surface area contributed by atoms with Crippen LogP contribution in [0.15, 0.2) is 48.5 Å². The van der Waals surface area contributed by atoms with Gasteiger partial charge in [-0.3, -0.25) is 9.69 Å². The standard InChI is InChI=1S/C19H21F2N3O/c20-15-5-7-16(8-6-15)24-13-11-23(12-14-24)10-9-22-19(25)17-3-1-2-4-18(17)21/h1-8H,9-14H2,(H,22,25). The van der Waals surface area contributed by atoms with E-state index in [1.807, 2.05) is 0 Å². The third-order valence-corrected chi connectivity index (χ3v) is 4.40. The molecule has 3 rings (SSSR count). The second kappa shape index (κ2) is 8.07. The highest BCUT2D eigenvalue weighted by Crippen LogP contribution is 2.16. The zero-order valence-corrected chi connectivity index (χ0v) is 13.9. The molecule has 1 saturated heterocycles. The minimum Gasteiger partial charge on any atom is -0.369 e. The fourth-order valence-corrected chi connectivity index (χ4v) is 2.95. The quantitative estimate of drug-likeness (QED) is 0.905. The topological polar surface area (TPSA) is 35.6 Å². The predicted molar refractivity (Wildman–Crippen MR) is 93.8 cm³/mol. The molecule has 0 unspecified atom stereocenters. The highest BCUT2D eigenvalue weighted by Gasteiger charge is 2.17. The van der Waals surface area contributed by atoms with Gasteiger partial charge < -0.3 is 10.2 Å². The van der Waals surface area contributed by atoms with Gasteiger partial charge in [0, 0.05) is 45.0 Å². The first-order chi connectivity index (χ1) is 12.1. The van der Waals surface area contributed by atoms with Gasteiger partial charge in [-0.05, 0) is 36.4 Å². The molecule has 0 bridgehead atoms. The summed E-state index contributed by atoms with van der Waals surface area (Å²) < 4.78 is 26.5. The average molecular weight is 345 g/mol. The number of amides is 1. The Morgan fingerprint density at radius 3 is 2.32 bits per heavy atom. The first-order valence-electron chi connectivity index (χ1n) is 8.39. The second-order valence-corrected chi connectivity index (χ2v) is 6.04. The fraction of sp³-hybridized carbons (Fsp3) is 0.316. The lowest BCUT2D eigenvalue weighted by Gasteiger charge is -2.36. The fourth-order valence-electron chi connectivity index (χ4n) is 2.95. The number of nitrogens with one attached hydrogen (secondary N) is 1. The van der Waals surface area contributed by atoms with E-state index in [2.05, 4.69) is 15.1 Å². The van der Waals surface area contributed by atoms with Crippen LogP contribution in [-0.2, 0) is 0 Å². The first kappa shape index (κ1) is 17.4. The highest BCUT2D eigenvalue weighted by molar-refractivity contribution is 5.94. The summed E-state index contributed by atoms with van der Waals surface area (Å²) >= 11 is 0. The van der Waals surface area contributed by atoms with E-state index in [0.29, 0.717) is 6.54 Å². The normalized spacial score (nSPS) is 15.2. The monoisotopic (exact) mass is 345 g/mol. The number of carbonyl (C=O) groups excluding carboxylic acids is 1. The van der Waals surface area contributed by atoms with Gasteiger partial charge in [-0.25, -0.2) is 8.78 Å². The Kier molecular flexibility index (Phi) is 5.60. The molecule has 1 aliphatic heterocycles. The summed E-state index contributed by atoms with van der Waals surface area (Å²) in [5.41, 5.74) is 1.09. The van der Waals surface area contributed by atoms with Crippen LogP contribution in [0.3, 0.4) is 0 Å². The molecule has 1 heterocycles. The van der Waals surface area contributed by atoms with Crippen LogP contribution in [0.5, 0.6) is 0 Å². The van der Waals surface area contributed by atoms with Crippen LogP contribution < -0.4 is 10.2 Å². The van der Waals surface area contributed by atoms with Gasteiger partial charge in [-0.2, -0.15) is 0 Å². The zero-order valence-electron chi connectivity index (χ0n) is 13.9. The van der Waals surface area contributed by atoms with Crippen molar-refractivity contribution in [1.29, 1.82) is 0 Å². The molecule has 4 nitrogen and oxygen atoms in total. The van der Waals surface area contributed by atoms with Crippen molar-refractivity contribution in [3.8, 4) is 0 Å². The smallest absolute Gasteiger partial charge is 0.254 e. The maximum absolute atomic E-state index is 13.6. The number of carbonyl (C=O) groups is 1. The number of benzene rings is 2. The van der Waals surface area contributed by atoms with Gasteiger partial charge in [-0.15, -0.1) is 0 Å². The van der Waals surface area contributed by atoms with Gasteiger partial charge in [0.2, 0.25) is 0 Å². The van der Waals surface area contributed by atoms with Crippen LogP contribution in [0.1, 0.15) is 10.4 Å². The maximum Gasteiger partial charge on any atom is 0.254 e. The van der Waals surface area contributed by atoms with Crippen molar-refractivity contribution in [2.75, 3.05) is 44.2 Å². The van der Waals surface area contributed by atoms with Crippen molar-refractivity contribution in [2.24, 2.45) is 0 Å². The molecule has 0 radical (unpaired) electrons.